The quantitative estimate of drug-likeness (QED) is 0.776. The molecule has 0 bridgehead atoms. The van der Waals surface area contributed by atoms with Crippen molar-refractivity contribution in [3.05, 3.63) is 22.7 Å². The summed E-state index contributed by atoms with van der Waals surface area (Å²) in [4.78, 5) is 0.321. The van der Waals surface area contributed by atoms with Gasteiger partial charge < -0.3 is 5.73 Å². The molecule has 9 heteroatoms. The fourth-order valence-electron chi connectivity index (χ4n) is 1.22. The molecule has 0 spiro atoms. The van der Waals surface area contributed by atoms with Crippen molar-refractivity contribution in [1.29, 1.82) is 5.26 Å². The van der Waals surface area contributed by atoms with Crippen LogP contribution < -0.4 is 10.5 Å². The van der Waals surface area contributed by atoms with E-state index in [1.165, 1.54) is 12.1 Å². The van der Waals surface area contributed by atoms with Crippen molar-refractivity contribution in [3.8, 4) is 6.07 Å². The second-order valence-corrected chi connectivity index (χ2v) is 6.44. The lowest BCUT2D eigenvalue weighted by Crippen LogP contribution is -2.12. The molecule has 0 saturated carbocycles. The van der Waals surface area contributed by atoms with E-state index in [1.54, 1.807) is 6.92 Å². The van der Waals surface area contributed by atoms with Crippen LogP contribution in [0.3, 0.4) is 0 Å². The lowest BCUT2D eigenvalue weighted by atomic mass is 10.4. The molecule has 0 atom stereocenters. The van der Waals surface area contributed by atoms with E-state index < -0.39 is 10.0 Å². The third-order valence-electron chi connectivity index (χ3n) is 2.18. The van der Waals surface area contributed by atoms with E-state index in [0.717, 1.165) is 11.3 Å². The summed E-state index contributed by atoms with van der Waals surface area (Å²) in [5, 5.41) is 15.0. The summed E-state index contributed by atoms with van der Waals surface area (Å²) in [6, 6.07) is 4.68. The van der Waals surface area contributed by atoms with E-state index in [1.807, 2.05) is 6.07 Å². The van der Waals surface area contributed by atoms with Gasteiger partial charge in [-0.2, -0.15) is 10.4 Å². The van der Waals surface area contributed by atoms with Gasteiger partial charge in [-0.15, -0.1) is 11.3 Å². The number of aromatic nitrogens is 2. The number of H-pyrrole nitrogens is 1. The smallest absolute Gasteiger partial charge is 0.272 e. The molecular formula is C9H9N5O2S2. The highest BCUT2D eigenvalue weighted by molar-refractivity contribution is 7.94. The van der Waals surface area contributed by atoms with Crippen molar-refractivity contribution in [2.75, 3.05) is 10.5 Å². The predicted molar refractivity (Wildman–Crippen MR) is 67.6 cm³/mol. The largest absolute Gasteiger partial charge is 0.394 e. The van der Waals surface area contributed by atoms with E-state index in [4.69, 9.17) is 11.0 Å². The third kappa shape index (κ3) is 2.15. The highest BCUT2D eigenvalue weighted by Crippen LogP contribution is 2.25. The molecule has 0 amide bonds. The molecule has 2 heterocycles. The fourth-order valence-corrected chi connectivity index (χ4v) is 3.34. The molecule has 7 nitrogen and oxygen atoms in total. The monoisotopic (exact) mass is 283 g/mol. The van der Waals surface area contributed by atoms with Crippen molar-refractivity contribution in [2.45, 2.75) is 11.1 Å². The van der Waals surface area contributed by atoms with Gasteiger partial charge in [0.05, 0.1) is 11.4 Å². The molecule has 94 valence electrons. The number of nitrogens with two attached hydrogens (primary N) is 1. The number of hydrogen-bond acceptors (Lipinski definition) is 6. The second kappa shape index (κ2) is 4.32. The minimum atomic E-state index is -3.76. The summed E-state index contributed by atoms with van der Waals surface area (Å²) in [7, 11) is -3.76. The van der Waals surface area contributed by atoms with Gasteiger partial charge in [-0.1, -0.05) is 0 Å². The molecule has 0 aromatic carbocycles. The highest BCUT2D eigenvalue weighted by atomic mass is 32.2. The molecule has 0 radical (unpaired) electrons. The number of aromatic amines is 1. The van der Waals surface area contributed by atoms with Crippen LogP contribution in [0.2, 0.25) is 0 Å². The number of hydrogen-bond donors (Lipinski definition) is 3. The van der Waals surface area contributed by atoms with Crippen molar-refractivity contribution < 1.29 is 8.42 Å². The van der Waals surface area contributed by atoms with Crippen molar-refractivity contribution >= 4 is 32.9 Å². The van der Waals surface area contributed by atoms with Crippen LogP contribution in [-0.4, -0.2) is 18.6 Å². The Kier molecular flexibility index (Phi) is 2.98. The van der Waals surface area contributed by atoms with Gasteiger partial charge in [-0.3, -0.25) is 9.82 Å². The van der Waals surface area contributed by atoms with Gasteiger partial charge in [0.25, 0.3) is 10.0 Å². The molecule has 4 N–H and O–H groups in total. The van der Waals surface area contributed by atoms with E-state index >= 15 is 0 Å². The van der Waals surface area contributed by atoms with E-state index in [0.29, 0.717) is 10.6 Å². The van der Waals surface area contributed by atoms with Crippen LogP contribution in [0.25, 0.3) is 0 Å². The van der Waals surface area contributed by atoms with Gasteiger partial charge in [0.15, 0.2) is 5.82 Å². The van der Waals surface area contributed by atoms with Crippen molar-refractivity contribution in [2.24, 2.45) is 0 Å². The molecule has 0 unspecified atom stereocenters. The number of nitrogens with one attached hydrogen (secondary N) is 2. The molecule has 0 aliphatic rings. The van der Waals surface area contributed by atoms with Gasteiger partial charge >= 0.3 is 0 Å². The number of aryl methyl sites for hydroxylation is 1. The first-order chi connectivity index (χ1) is 8.44. The number of sulfonamides is 1. The second-order valence-electron chi connectivity index (χ2n) is 3.45. The summed E-state index contributed by atoms with van der Waals surface area (Å²) in [5.41, 5.74) is 6.48. The number of anilines is 2. The molecule has 0 saturated heterocycles. The highest BCUT2D eigenvalue weighted by Gasteiger charge is 2.20. The first kappa shape index (κ1) is 12.4. The average molecular weight is 283 g/mol. The Morgan fingerprint density at radius 2 is 2.28 bits per heavy atom. The first-order valence-electron chi connectivity index (χ1n) is 4.77. The standard InChI is InChI=1S/C9H9N5O2S2/c1-5-8(11)9(13-12-5)14-18(15,16)7-3-2-6(4-10)17-7/h2-3H,11H2,1H3,(H2,12,13,14). The minimum Gasteiger partial charge on any atom is -0.394 e. The van der Waals surface area contributed by atoms with Crippen LogP contribution in [0.4, 0.5) is 11.5 Å². The molecule has 0 aliphatic carbocycles. The van der Waals surface area contributed by atoms with Crippen molar-refractivity contribution in [1.82, 2.24) is 10.2 Å². The molecule has 18 heavy (non-hydrogen) atoms. The Bertz CT molecular complexity index is 722. The Balaban J connectivity index is 2.33. The molecule has 0 aliphatic heterocycles. The van der Waals surface area contributed by atoms with Crippen LogP contribution in [-0.2, 0) is 10.0 Å². The summed E-state index contributed by atoms with van der Waals surface area (Å²) >= 11 is 0.881. The van der Waals surface area contributed by atoms with Gasteiger partial charge in [0.2, 0.25) is 0 Å². The summed E-state index contributed by atoms with van der Waals surface area (Å²) in [5.74, 6) is 0.0550. The minimum absolute atomic E-state index is 0.0408. The SMILES string of the molecule is Cc1[nH]nc(NS(=O)(=O)c2ccc(C#N)s2)c1N. The zero-order chi connectivity index (χ0) is 13.3. The summed E-state index contributed by atoms with van der Waals surface area (Å²) < 4.78 is 26.3. The van der Waals surface area contributed by atoms with Crippen LogP contribution in [0.15, 0.2) is 16.3 Å². The third-order valence-corrected chi connectivity index (χ3v) is 5.00. The van der Waals surface area contributed by atoms with Crippen LogP contribution in [0.1, 0.15) is 10.6 Å². The zero-order valence-electron chi connectivity index (χ0n) is 9.26. The first-order valence-corrected chi connectivity index (χ1v) is 7.07. The number of nitrogens with zero attached hydrogens (tertiary/aromatic N) is 2. The van der Waals surface area contributed by atoms with Gasteiger partial charge in [-0.05, 0) is 19.1 Å². The summed E-state index contributed by atoms with van der Waals surface area (Å²) in [6.07, 6.45) is 0. The number of rotatable bonds is 3. The maximum absolute atomic E-state index is 12.0. The lowest BCUT2D eigenvalue weighted by Gasteiger charge is -2.03. The number of nitrogen functional groups attached to an aromatic ring is 1. The van der Waals surface area contributed by atoms with Crippen molar-refractivity contribution in [3.63, 3.8) is 0 Å². The Morgan fingerprint density at radius 1 is 1.56 bits per heavy atom. The molecule has 0 fully saturated rings. The fraction of sp³-hybridized carbons (Fsp3) is 0.111. The number of nitriles is 1. The molecular weight excluding hydrogens is 274 g/mol. The maximum atomic E-state index is 12.0. The van der Waals surface area contributed by atoms with Crippen LogP contribution in [0.5, 0.6) is 0 Å². The summed E-state index contributed by atoms with van der Waals surface area (Å²) in [6.45, 7) is 1.68. The molecule has 2 aromatic rings. The van der Waals surface area contributed by atoms with E-state index in [2.05, 4.69) is 14.9 Å². The maximum Gasteiger partial charge on any atom is 0.272 e. The number of thiophene rings is 1. The topological polar surface area (TPSA) is 125 Å². The lowest BCUT2D eigenvalue weighted by molar-refractivity contribution is 0.603. The predicted octanol–water partition coefficient (Wildman–Crippen LogP) is 1.03. The van der Waals surface area contributed by atoms with E-state index in [9.17, 15) is 8.42 Å². The Labute approximate surface area is 107 Å². The van der Waals surface area contributed by atoms with Crippen LogP contribution in [0, 0.1) is 18.3 Å². The zero-order valence-corrected chi connectivity index (χ0v) is 10.9. The van der Waals surface area contributed by atoms with Crippen LogP contribution >= 0.6 is 11.3 Å². The van der Waals surface area contributed by atoms with Gasteiger partial charge in [-0.25, -0.2) is 8.42 Å². The normalized spacial score (nSPS) is 11.1. The molecule has 2 aromatic heterocycles. The Morgan fingerprint density at radius 3 is 2.78 bits per heavy atom. The van der Waals surface area contributed by atoms with Gasteiger partial charge in [0.1, 0.15) is 15.2 Å². The Hall–Kier alpha value is -2.05. The average Bonchev–Trinajstić information content (AvgIpc) is 2.91. The van der Waals surface area contributed by atoms with Gasteiger partial charge in [0, 0.05) is 0 Å². The van der Waals surface area contributed by atoms with E-state index in [-0.39, 0.29) is 15.7 Å². The molecule has 2 rings (SSSR count).